The summed E-state index contributed by atoms with van der Waals surface area (Å²) in [5, 5.41) is 15.2. The molecule has 11 heavy (non-hydrogen) atoms. The highest BCUT2D eigenvalue weighted by atomic mass is 32.2. The lowest BCUT2D eigenvalue weighted by molar-refractivity contribution is -0.605. The number of hydrogen-bond donors (Lipinski definition) is 1. The van der Waals surface area contributed by atoms with E-state index in [9.17, 15) is 13.6 Å². The second kappa shape index (κ2) is 2.48. The van der Waals surface area contributed by atoms with E-state index < -0.39 is 10.0 Å². The fourth-order valence-electron chi connectivity index (χ4n) is 0.589. The number of aromatic nitrogens is 1. The molecule has 0 radical (unpaired) electrons. The molecule has 0 aliphatic carbocycles. The Balaban J connectivity index is 3.20. The van der Waals surface area contributed by atoms with Crippen molar-refractivity contribution in [3.05, 3.63) is 29.7 Å². The van der Waals surface area contributed by atoms with Crippen molar-refractivity contribution in [3.63, 3.8) is 0 Å². The predicted octanol–water partition coefficient (Wildman–Crippen LogP) is -1.03. The minimum Gasteiger partial charge on any atom is -0.619 e. The van der Waals surface area contributed by atoms with Crippen molar-refractivity contribution in [1.29, 1.82) is 0 Å². The largest absolute Gasteiger partial charge is 0.619 e. The first-order valence-corrected chi connectivity index (χ1v) is 4.26. The van der Waals surface area contributed by atoms with Crippen LogP contribution in [0.5, 0.6) is 0 Å². The van der Waals surface area contributed by atoms with E-state index in [2.05, 4.69) is 0 Å². The zero-order valence-electron chi connectivity index (χ0n) is 5.47. The molecule has 0 aliphatic heterocycles. The summed E-state index contributed by atoms with van der Waals surface area (Å²) in [6, 6.07) is 2.28. The van der Waals surface area contributed by atoms with Crippen LogP contribution in [0.1, 0.15) is 0 Å². The number of pyridine rings is 1. The van der Waals surface area contributed by atoms with Crippen molar-refractivity contribution in [1.82, 2.24) is 0 Å². The highest BCUT2D eigenvalue weighted by Gasteiger charge is 2.07. The third kappa shape index (κ3) is 1.89. The van der Waals surface area contributed by atoms with Gasteiger partial charge >= 0.3 is 0 Å². The molecular formula is C5H6N2O3S. The van der Waals surface area contributed by atoms with Crippen LogP contribution in [0.4, 0.5) is 0 Å². The Bertz CT molecular complexity index is 342. The fourth-order valence-corrected chi connectivity index (χ4v) is 1.09. The van der Waals surface area contributed by atoms with Crippen molar-refractivity contribution in [2.75, 3.05) is 0 Å². The highest BCUT2D eigenvalue weighted by Crippen LogP contribution is 2.00. The van der Waals surface area contributed by atoms with Crippen LogP contribution in [0.3, 0.4) is 0 Å². The van der Waals surface area contributed by atoms with Crippen molar-refractivity contribution in [2.24, 2.45) is 5.14 Å². The van der Waals surface area contributed by atoms with Crippen LogP contribution in [0.15, 0.2) is 29.4 Å². The Morgan fingerprint density at radius 2 is 1.82 bits per heavy atom. The van der Waals surface area contributed by atoms with Gasteiger partial charge in [-0.3, -0.25) is 0 Å². The zero-order chi connectivity index (χ0) is 8.48. The number of sulfonamides is 1. The normalized spacial score (nSPS) is 11.4. The zero-order valence-corrected chi connectivity index (χ0v) is 6.28. The number of primary sulfonamides is 1. The summed E-state index contributed by atoms with van der Waals surface area (Å²) in [7, 11) is -3.67. The molecule has 0 aromatic carbocycles. The lowest BCUT2D eigenvalue weighted by Crippen LogP contribution is -2.25. The first-order chi connectivity index (χ1) is 5.00. The summed E-state index contributed by atoms with van der Waals surface area (Å²) >= 11 is 0. The summed E-state index contributed by atoms with van der Waals surface area (Å²) in [6.45, 7) is 0. The molecule has 0 atom stereocenters. The molecule has 60 valence electrons. The maximum absolute atomic E-state index is 10.6. The van der Waals surface area contributed by atoms with Gasteiger partial charge in [-0.05, 0) is 0 Å². The molecule has 0 unspecified atom stereocenters. The molecule has 0 saturated heterocycles. The van der Waals surface area contributed by atoms with Crippen molar-refractivity contribution >= 4 is 10.0 Å². The molecule has 6 heteroatoms. The van der Waals surface area contributed by atoms with E-state index in [4.69, 9.17) is 5.14 Å². The van der Waals surface area contributed by atoms with Crippen LogP contribution < -0.4 is 9.87 Å². The van der Waals surface area contributed by atoms with Crippen LogP contribution in [-0.4, -0.2) is 8.42 Å². The van der Waals surface area contributed by atoms with Gasteiger partial charge in [0.2, 0.25) is 10.0 Å². The number of nitrogens with two attached hydrogens (primary N) is 1. The SMILES string of the molecule is NS(=O)(=O)c1cc[n+]([O-])cc1. The average molecular weight is 174 g/mol. The minimum atomic E-state index is -3.67. The second-order valence-electron chi connectivity index (χ2n) is 1.94. The minimum absolute atomic E-state index is 0.0652. The molecule has 0 fully saturated rings. The summed E-state index contributed by atoms with van der Waals surface area (Å²) in [5.41, 5.74) is 0. The monoisotopic (exact) mass is 174 g/mol. The van der Waals surface area contributed by atoms with E-state index in [0.717, 1.165) is 24.5 Å². The van der Waals surface area contributed by atoms with E-state index in [1.54, 1.807) is 0 Å². The first-order valence-electron chi connectivity index (χ1n) is 2.72. The predicted molar refractivity (Wildman–Crippen MR) is 36.8 cm³/mol. The van der Waals surface area contributed by atoms with Crippen LogP contribution in [0, 0.1) is 5.21 Å². The summed E-state index contributed by atoms with van der Waals surface area (Å²) in [5.74, 6) is 0. The smallest absolute Gasteiger partial charge is 0.238 e. The van der Waals surface area contributed by atoms with Gasteiger partial charge in [-0.2, -0.15) is 4.73 Å². The lowest BCUT2D eigenvalue weighted by atomic mass is 10.5. The Labute approximate surface area is 63.7 Å². The quantitative estimate of drug-likeness (QED) is 0.436. The van der Waals surface area contributed by atoms with Gasteiger partial charge in [0, 0.05) is 12.1 Å². The Morgan fingerprint density at radius 3 is 2.18 bits per heavy atom. The molecule has 1 rings (SSSR count). The number of nitrogens with zero attached hydrogens (tertiary/aromatic N) is 1. The van der Waals surface area contributed by atoms with Crippen molar-refractivity contribution in [2.45, 2.75) is 4.90 Å². The molecular weight excluding hydrogens is 168 g/mol. The molecule has 1 aromatic rings. The van der Waals surface area contributed by atoms with Crippen molar-refractivity contribution < 1.29 is 13.1 Å². The van der Waals surface area contributed by atoms with Gasteiger partial charge in [-0.15, -0.1) is 0 Å². The topological polar surface area (TPSA) is 87.1 Å². The maximum Gasteiger partial charge on any atom is 0.238 e. The van der Waals surface area contributed by atoms with Crippen LogP contribution in [0.2, 0.25) is 0 Å². The molecule has 0 bridgehead atoms. The van der Waals surface area contributed by atoms with Crippen LogP contribution >= 0.6 is 0 Å². The molecule has 5 nitrogen and oxygen atoms in total. The van der Waals surface area contributed by atoms with E-state index in [-0.39, 0.29) is 4.90 Å². The average Bonchev–Trinajstić information content (AvgIpc) is 1.86. The standard InChI is InChI=1S/C5H6N2O3S/c6-11(9,10)5-1-3-7(8)4-2-5/h1-4H,(H2,6,9,10). The molecule has 0 spiro atoms. The van der Waals surface area contributed by atoms with Gasteiger partial charge in [-0.1, -0.05) is 0 Å². The van der Waals surface area contributed by atoms with Gasteiger partial charge in [0.05, 0.1) is 4.90 Å². The number of hydrogen-bond acceptors (Lipinski definition) is 3. The molecule has 0 amide bonds. The van der Waals surface area contributed by atoms with E-state index in [1.807, 2.05) is 0 Å². The van der Waals surface area contributed by atoms with Gasteiger partial charge < -0.3 is 5.21 Å². The van der Waals surface area contributed by atoms with Gasteiger partial charge in [0.1, 0.15) is 0 Å². The summed E-state index contributed by atoms with van der Waals surface area (Å²) < 4.78 is 21.7. The molecule has 1 heterocycles. The molecule has 2 N–H and O–H groups in total. The Kier molecular flexibility index (Phi) is 1.79. The molecule has 0 saturated carbocycles. The number of rotatable bonds is 1. The fraction of sp³-hybridized carbons (Fsp3) is 0. The Hall–Kier alpha value is -1.14. The summed E-state index contributed by atoms with van der Waals surface area (Å²) in [6.07, 6.45) is 2.14. The first kappa shape index (κ1) is 7.96. The van der Waals surface area contributed by atoms with Crippen LogP contribution in [-0.2, 0) is 10.0 Å². The van der Waals surface area contributed by atoms with Crippen molar-refractivity contribution in [3.8, 4) is 0 Å². The summed E-state index contributed by atoms with van der Waals surface area (Å²) in [4.78, 5) is -0.0652. The molecule has 0 aliphatic rings. The van der Waals surface area contributed by atoms with Gasteiger partial charge in [0.25, 0.3) is 0 Å². The second-order valence-corrected chi connectivity index (χ2v) is 3.50. The van der Waals surface area contributed by atoms with E-state index in [1.165, 1.54) is 0 Å². The third-order valence-electron chi connectivity index (χ3n) is 1.10. The van der Waals surface area contributed by atoms with Crippen LogP contribution in [0.25, 0.3) is 0 Å². The third-order valence-corrected chi connectivity index (χ3v) is 2.03. The van der Waals surface area contributed by atoms with E-state index >= 15 is 0 Å². The van der Waals surface area contributed by atoms with Gasteiger partial charge in [0.15, 0.2) is 12.4 Å². The lowest BCUT2D eigenvalue weighted by Gasteiger charge is -1.96. The maximum atomic E-state index is 10.6. The van der Waals surface area contributed by atoms with E-state index in [0.29, 0.717) is 4.73 Å². The van der Waals surface area contributed by atoms with Gasteiger partial charge in [-0.25, -0.2) is 13.6 Å². The Morgan fingerprint density at radius 1 is 1.36 bits per heavy atom. The molecule has 1 aromatic heterocycles. The highest BCUT2D eigenvalue weighted by molar-refractivity contribution is 7.89.